The molecule has 0 unspecified atom stereocenters. The van der Waals surface area contributed by atoms with E-state index in [-0.39, 0.29) is 98.4 Å². The van der Waals surface area contributed by atoms with Gasteiger partial charge >= 0.3 is 51.4 Å². The van der Waals surface area contributed by atoms with E-state index in [4.69, 9.17) is 8.37 Å². The zero-order valence-corrected chi connectivity index (χ0v) is 30.1. The van der Waals surface area contributed by atoms with Gasteiger partial charge in [0.05, 0.1) is 23.0 Å². The van der Waals surface area contributed by atoms with Gasteiger partial charge in [-0.15, -0.1) is 0 Å². The van der Waals surface area contributed by atoms with E-state index < -0.39 is 20.2 Å². The van der Waals surface area contributed by atoms with Crippen LogP contribution in [0.1, 0.15) is 27.7 Å². The molecular formula is C20H28I3KO6S2. The molecule has 0 aliphatic carbocycles. The Morgan fingerprint density at radius 3 is 1.03 bits per heavy atom. The van der Waals surface area contributed by atoms with Crippen molar-refractivity contribution >= 4 is 65.4 Å². The van der Waals surface area contributed by atoms with Crippen LogP contribution < -0.4 is 75.4 Å². The summed E-state index contributed by atoms with van der Waals surface area (Å²) in [7, 11) is -7.48. The molecule has 0 atom stereocenters. The number of hydrogen-bond acceptors (Lipinski definition) is 6. The maximum absolute atomic E-state index is 11.8. The molecule has 0 aliphatic heterocycles. The van der Waals surface area contributed by atoms with Crippen molar-refractivity contribution in [3.63, 3.8) is 0 Å². The molecule has 0 spiro atoms. The number of rotatable bonds is 7. The second kappa shape index (κ2) is 21.2. The Hall–Kier alpha value is 2.09. The third kappa shape index (κ3) is 14.6. The average Bonchev–Trinajstić information content (AvgIpc) is 2.69. The molecule has 2 aromatic carbocycles. The summed E-state index contributed by atoms with van der Waals surface area (Å²) in [5.41, 5.74) is 1.51. The Morgan fingerprint density at radius 1 is 0.625 bits per heavy atom. The van der Waals surface area contributed by atoms with Crippen molar-refractivity contribution in [2.45, 2.75) is 37.5 Å². The normalized spacial score (nSPS) is 10.3. The smallest absolute Gasteiger partial charge is 1.00 e. The average molecular weight is 848 g/mol. The Labute approximate surface area is 280 Å². The van der Waals surface area contributed by atoms with E-state index in [2.05, 4.69) is 59.0 Å². The summed E-state index contributed by atoms with van der Waals surface area (Å²) in [6, 6.07) is 12.3. The fraction of sp³-hybridized carbons (Fsp3) is 0.400. The molecule has 0 N–H and O–H groups in total. The molecule has 2 aromatic rings. The first-order chi connectivity index (χ1) is 14.1. The SMILES string of the molecule is CCI.CCI.CCOS(=O)(=O)c1ccc(-c2ccc(S(=O)(=O)OCC)cc2)cc1.[I-].[K+]. The third-order valence-corrected chi connectivity index (χ3v) is 5.96. The summed E-state index contributed by atoms with van der Waals surface area (Å²) in [6.45, 7) is 7.56. The van der Waals surface area contributed by atoms with Crippen molar-refractivity contribution in [2.75, 3.05) is 22.1 Å². The molecule has 2 rings (SSSR count). The Morgan fingerprint density at radius 2 is 0.844 bits per heavy atom. The van der Waals surface area contributed by atoms with Crippen LogP contribution in [-0.2, 0) is 28.6 Å². The molecule has 0 saturated carbocycles. The molecule has 0 bridgehead atoms. The van der Waals surface area contributed by atoms with Gasteiger partial charge in [-0.25, -0.2) is 0 Å². The minimum atomic E-state index is -3.74. The van der Waals surface area contributed by atoms with E-state index in [0.29, 0.717) is 0 Å². The van der Waals surface area contributed by atoms with Crippen LogP contribution in [0.3, 0.4) is 0 Å². The minimum absolute atomic E-state index is 0. The Balaban J connectivity index is -0.000000946. The van der Waals surface area contributed by atoms with Crippen molar-refractivity contribution < 1.29 is 101 Å². The van der Waals surface area contributed by atoms with Crippen molar-refractivity contribution in [1.29, 1.82) is 0 Å². The van der Waals surface area contributed by atoms with E-state index in [1.807, 2.05) is 0 Å². The summed E-state index contributed by atoms with van der Waals surface area (Å²) in [5.74, 6) is 0. The second-order valence-corrected chi connectivity index (χ2v) is 11.6. The molecule has 0 fully saturated rings. The Bertz CT molecular complexity index is 857. The van der Waals surface area contributed by atoms with Gasteiger partial charge in [0.1, 0.15) is 0 Å². The maximum Gasteiger partial charge on any atom is 1.00 e. The first-order valence-corrected chi connectivity index (χ1v) is 15.1. The second-order valence-electron chi connectivity index (χ2n) is 5.30. The van der Waals surface area contributed by atoms with Crippen LogP contribution in [0.5, 0.6) is 0 Å². The van der Waals surface area contributed by atoms with Crippen molar-refractivity contribution in [3.05, 3.63) is 48.5 Å². The maximum atomic E-state index is 11.8. The predicted molar refractivity (Wildman–Crippen MR) is 139 cm³/mol. The van der Waals surface area contributed by atoms with E-state index in [1.165, 1.54) is 33.1 Å². The van der Waals surface area contributed by atoms with Gasteiger partial charge in [0.25, 0.3) is 20.2 Å². The summed E-state index contributed by atoms with van der Waals surface area (Å²) < 4.78 is 59.1. The zero-order valence-electron chi connectivity index (χ0n) is 18.8. The van der Waals surface area contributed by atoms with Crippen LogP contribution >= 0.6 is 45.2 Å². The van der Waals surface area contributed by atoms with Gasteiger partial charge < -0.3 is 24.0 Å². The van der Waals surface area contributed by atoms with Crippen LogP contribution in [0.4, 0.5) is 0 Å². The quantitative estimate of drug-likeness (QED) is 0.165. The van der Waals surface area contributed by atoms with Crippen molar-refractivity contribution in [3.8, 4) is 11.1 Å². The van der Waals surface area contributed by atoms with Gasteiger partial charge in [0, 0.05) is 0 Å². The van der Waals surface area contributed by atoms with Gasteiger partial charge in [0.2, 0.25) is 0 Å². The van der Waals surface area contributed by atoms with E-state index in [9.17, 15) is 16.8 Å². The van der Waals surface area contributed by atoms with E-state index in [0.717, 1.165) is 11.1 Å². The van der Waals surface area contributed by atoms with Crippen LogP contribution in [0, 0.1) is 0 Å². The van der Waals surface area contributed by atoms with Crippen LogP contribution in [0.25, 0.3) is 11.1 Å². The van der Waals surface area contributed by atoms with Gasteiger partial charge in [-0.2, -0.15) is 16.8 Å². The fourth-order valence-corrected chi connectivity index (χ4v) is 3.91. The third-order valence-electron chi connectivity index (χ3n) is 3.17. The van der Waals surface area contributed by atoms with Crippen LogP contribution in [0.15, 0.2) is 58.3 Å². The van der Waals surface area contributed by atoms with Crippen LogP contribution in [-0.4, -0.2) is 38.9 Å². The molecule has 12 heteroatoms. The van der Waals surface area contributed by atoms with Crippen LogP contribution in [0.2, 0.25) is 0 Å². The van der Waals surface area contributed by atoms with Gasteiger partial charge in [-0.3, -0.25) is 8.37 Å². The number of halogens is 3. The van der Waals surface area contributed by atoms with E-state index >= 15 is 0 Å². The fourth-order valence-electron chi connectivity index (χ4n) is 2.07. The molecule has 0 aromatic heterocycles. The predicted octanol–water partition coefficient (Wildman–Crippen LogP) is -0.305. The number of benzene rings is 2. The van der Waals surface area contributed by atoms with Crippen molar-refractivity contribution in [1.82, 2.24) is 0 Å². The molecular weight excluding hydrogens is 820 g/mol. The summed E-state index contributed by atoms with van der Waals surface area (Å²) in [4.78, 5) is 0.146. The molecule has 0 heterocycles. The number of alkyl halides is 2. The summed E-state index contributed by atoms with van der Waals surface area (Å²) in [5, 5.41) is 0. The Kier molecular flexibility index (Phi) is 25.6. The molecule has 0 saturated heterocycles. The first kappa shape index (κ1) is 38.6. The monoisotopic (exact) mass is 848 g/mol. The molecule has 6 nitrogen and oxygen atoms in total. The summed E-state index contributed by atoms with van der Waals surface area (Å²) in [6.07, 6.45) is 0. The first-order valence-electron chi connectivity index (χ1n) is 9.24. The molecule has 32 heavy (non-hydrogen) atoms. The standard InChI is InChI=1S/C16H18O6S2.2C2H5I.HI.K/c1-3-21-23(17,18)15-9-5-13(6-10-15)14-7-11-16(12-8-14)24(19,20)22-4-2;2*1-2-3;;/h5-12H,3-4H2,1-2H3;2*2H2,1H3;1H;/q;;;;+1/p-1. The van der Waals surface area contributed by atoms with Crippen molar-refractivity contribution in [2.24, 2.45) is 0 Å². The zero-order chi connectivity index (χ0) is 23.2. The topological polar surface area (TPSA) is 86.7 Å². The van der Waals surface area contributed by atoms with Gasteiger partial charge in [0.15, 0.2) is 0 Å². The van der Waals surface area contributed by atoms with E-state index in [1.54, 1.807) is 38.1 Å². The summed E-state index contributed by atoms with van der Waals surface area (Å²) >= 11 is 4.58. The van der Waals surface area contributed by atoms with Gasteiger partial charge in [-0.1, -0.05) is 83.3 Å². The molecule has 0 amide bonds. The largest absolute Gasteiger partial charge is 1.00 e. The van der Waals surface area contributed by atoms with Gasteiger partial charge in [-0.05, 0) is 58.1 Å². The minimum Gasteiger partial charge on any atom is -1.00 e. The molecule has 178 valence electrons. The number of hydrogen-bond donors (Lipinski definition) is 0. The molecule has 0 radical (unpaired) electrons. The molecule has 0 aliphatic rings.